The van der Waals surface area contributed by atoms with E-state index in [-0.39, 0.29) is 16.9 Å². The van der Waals surface area contributed by atoms with Crippen LogP contribution in [0.4, 0.5) is 0 Å². The van der Waals surface area contributed by atoms with Gasteiger partial charge in [0.25, 0.3) is 0 Å². The lowest BCUT2D eigenvalue weighted by Gasteiger charge is -2.27. The summed E-state index contributed by atoms with van der Waals surface area (Å²) >= 11 is 0. The van der Waals surface area contributed by atoms with Gasteiger partial charge in [-0.05, 0) is 28.4 Å². The van der Waals surface area contributed by atoms with Crippen molar-refractivity contribution in [1.82, 2.24) is 0 Å². The van der Waals surface area contributed by atoms with E-state index in [0.29, 0.717) is 0 Å². The molecule has 2 N–H and O–H groups in total. The first-order valence-corrected chi connectivity index (χ1v) is 6.46. The van der Waals surface area contributed by atoms with Gasteiger partial charge in [-0.25, -0.2) is 0 Å². The molecule has 0 aliphatic rings. The van der Waals surface area contributed by atoms with Crippen LogP contribution in [0.3, 0.4) is 0 Å². The maximum Gasteiger partial charge on any atom is 0.0128 e. The average molecular weight is 233 g/mol. The summed E-state index contributed by atoms with van der Waals surface area (Å²) in [6.07, 6.45) is 0.952. The SMILES string of the molecule is CC(C)(C)c1ccc(CC(N)C(C)(C)C)cc1. The molecule has 0 fully saturated rings. The summed E-state index contributed by atoms with van der Waals surface area (Å²) in [6.45, 7) is 13.3. The molecular formula is C16H27N. The predicted molar refractivity (Wildman–Crippen MR) is 76.3 cm³/mol. The van der Waals surface area contributed by atoms with Crippen LogP contribution >= 0.6 is 0 Å². The highest BCUT2D eigenvalue weighted by atomic mass is 14.7. The van der Waals surface area contributed by atoms with Gasteiger partial charge >= 0.3 is 0 Å². The van der Waals surface area contributed by atoms with Crippen LogP contribution in [0.2, 0.25) is 0 Å². The molecule has 1 aromatic rings. The lowest BCUT2D eigenvalue weighted by Crippen LogP contribution is -2.36. The van der Waals surface area contributed by atoms with Crippen molar-refractivity contribution in [3.8, 4) is 0 Å². The van der Waals surface area contributed by atoms with Gasteiger partial charge in [0.1, 0.15) is 0 Å². The average Bonchev–Trinajstić information content (AvgIpc) is 2.15. The van der Waals surface area contributed by atoms with Crippen LogP contribution in [0.15, 0.2) is 24.3 Å². The fraction of sp³-hybridized carbons (Fsp3) is 0.625. The van der Waals surface area contributed by atoms with Crippen molar-refractivity contribution < 1.29 is 0 Å². The van der Waals surface area contributed by atoms with Crippen LogP contribution in [0, 0.1) is 5.41 Å². The van der Waals surface area contributed by atoms with Crippen LogP contribution in [-0.2, 0) is 11.8 Å². The van der Waals surface area contributed by atoms with E-state index in [0.717, 1.165) is 6.42 Å². The summed E-state index contributed by atoms with van der Waals surface area (Å²) in [5.41, 5.74) is 9.32. The first-order chi connectivity index (χ1) is 7.60. The number of hydrogen-bond donors (Lipinski definition) is 1. The van der Waals surface area contributed by atoms with Gasteiger partial charge in [-0.2, -0.15) is 0 Å². The molecule has 0 heterocycles. The third kappa shape index (κ3) is 4.16. The zero-order valence-electron chi connectivity index (χ0n) is 12.2. The Kier molecular flexibility index (Phi) is 4.03. The van der Waals surface area contributed by atoms with E-state index in [4.69, 9.17) is 5.73 Å². The molecule has 0 aromatic heterocycles. The third-order valence-corrected chi connectivity index (χ3v) is 3.39. The molecule has 96 valence electrons. The minimum Gasteiger partial charge on any atom is -0.327 e. The van der Waals surface area contributed by atoms with Crippen LogP contribution in [0.5, 0.6) is 0 Å². The van der Waals surface area contributed by atoms with Crippen molar-refractivity contribution in [3.05, 3.63) is 35.4 Å². The van der Waals surface area contributed by atoms with Crippen LogP contribution in [0.25, 0.3) is 0 Å². The molecule has 1 nitrogen and oxygen atoms in total. The first-order valence-electron chi connectivity index (χ1n) is 6.46. The second-order valence-electron chi connectivity index (χ2n) is 7.12. The summed E-state index contributed by atoms with van der Waals surface area (Å²) in [6, 6.07) is 9.09. The third-order valence-electron chi connectivity index (χ3n) is 3.39. The van der Waals surface area contributed by atoms with E-state index >= 15 is 0 Å². The van der Waals surface area contributed by atoms with Gasteiger partial charge < -0.3 is 5.73 Å². The van der Waals surface area contributed by atoms with E-state index in [1.807, 2.05) is 0 Å². The fourth-order valence-corrected chi connectivity index (χ4v) is 1.70. The van der Waals surface area contributed by atoms with E-state index in [1.54, 1.807) is 0 Å². The topological polar surface area (TPSA) is 26.0 Å². The molecule has 0 amide bonds. The van der Waals surface area contributed by atoms with E-state index in [1.165, 1.54) is 11.1 Å². The Hall–Kier alpha value is -0.820. The van der Waals surface area contributed by atoms with Gasteiger partial charge in [0.2, 0.25) is 0 Å². The predicted octanol–water partition coefficient (Wildman–Crippen LogP) is 3.90. The van der Waals surface area contributed by atoms with E-state index < -0.39 is 0 Å². The molecule has 0 radical (unpaired) electrons. The molecule has 0 spiro atoms. The van der Waals surface area contributed by atoms with Gasteiger partial charge in [0, 0.05) is 6.04 Å². The van der Waals surface area contributed by atoms with E-state index in [2.05, 4.69) is 65.8 Å². The minimum atomic E-state index is 0.169. The standard InChI is InChI=1S/C16H27N/c1-15(2,3)13-9-7-12(8-10-13)11-14(17)16(4,5)6/h7-10,14H,11,17H2,1-6H3. The number of nitrogens with two attached hydrogens (primary N) is 1. The van der Waals surface area contributed by atoms with Crippen molar-refractivity contribution >= 4 is 0 Å². The Balaban J connectivity index is 2.76. The fourth-order valence-electron chi connectivity index (χ4n) is 1.70. The largest absolute Gasteiger partial charge is 0.327 e. The lowest BCUT2D eigenvalue weighted by molar-refractivity contribution is 0.318. The quantitative estimate of drug-likeness (QED) is 0.823. The monoisotopic (exact) mass is 233 g/mol. The summed E-state index contributed by atoms with van der Waals surface area (Å²) in [4.78, 5) is 0. The Bertz CT molecular complexity index is 349. The number of hydrogen-bond acceptors (Lipinski definition) is 1. The van der Waals surface area contributed by atoms with Gasteiger partial charge in [-0.1, -0.05) is 65.8 Å². The molecule has 0 aliphatic carbocycles. The number of benzene rings is 1. The van der Waals surface area contributed by atoms with Crippen molar-refractivity contribution in [2.75, 3.05) is 0 Å². The Morgan fingerprint density at radius 3 is 1.76 bits per heavy atom. The summed E-state index contributed by atoms with van der Waals surface area (Å²) < 4.78 is 0. The summed E-state index contributed by atoms with van der Waals surface area (Å²) in [7, 11) is 0. The summed E-state index contributed by atoms with van der Waals surface area (Å²) in [5.74, 6) is 0. The minimum absolute atomic E-state index is 0.169. The molecule has 1 aromatic carbocycles. The Labute approximate surface area is 106 Å². The van der Waals surface area contributed by atoms with Crippen molar-refractivity contribution in [1.29, 1.82) is 0 Å². The van der Waals surface area contributed by atoms with Crippen molar-refractivity contribution in [3.63, 3.8) is 0 Å². The Morgan fingerprint density at radius 1 is 0.941 bits per heavy atom. The molecule has 0 saturated carbocycles. The summed E-state index contributed by atoms with van der Waals surface area (Å²) in [5, 5.41) is 0. The second kappa shape index (κ2) is 4.81. The molecule has 1 rings (SSSR count). The molecule has 0 bridgehead atoms. The second-order valence-corrected chi connectivity index (χ2v) is 7.12. The lowest BCUT2D eigenvalue weighted by atomic mass is 9.82. The molecule has 0 aliphatic heterocycles. The van der Waals surface area contributed by atoms with Crippen molar-refractivity contribution in [2.24, 2.45) is 11.1 Å². The van der Waals surface area contributed by atoms with Gasteiger partial charge in [0.15, 0.2) is 0 Å². The maximum atomic E-state index is 6.21. The normalized spacial score (nSPS) is 14.8. The molecule has 17 heavy (non-hydrogen) atoms. The number of rotatable bonds is 2. The maximum absolute atomic E-state index is 6.21. The zero-order chi connectivity index (χ0) is 13.3. The first kappa shape index (κ1) is 14.2. The molecule has 0 saturated heterocycles. The molecule has 1 heteroatoms. The van der Waals surface area contributed by atoms with Gasteiger partial charge in [-0.15, -0.1) is 0 Å². The molecular weight excluding hydrogens is 206 g/mol. The van der Waals surface area contributed by atoms with E-state index in [9.17, 15) is 0 Å². The van der Waals surface area contributed by atoms with Crippen LogP contribution in [0.1, 0.15) is 52.7 Å². The molecule has 1 unspecified atom stereocenters. The highest BCUT2D eigenvalue weighted by Crippen LogP contribution is 2.24. The van der Waals surface area contributed by atoms with Crippen molar-refractivity contribution in [2.45, 2.75) is 59.4 Å². The highest BCUT2D eigenvalue weighted by molar-refractivity contribution is 5.28. The van der Waals surface area contributed by atoms with Gasteiger partial charge in [0.05, 0.1) is 0 Å². The molecule has 1 atom stereocenters. The highest BCUT2D eigenvalue weighted by Gasteiger charge is 2.21. The Morgan fingerprint density at radius 2 is 1.41 bits per heavy atom. The van der Waals surface area contributed by atoms with Gasteiger partial charge in [-0.3, -0.25) is 0 Å². The zero-order valence-corrected chi connectivity index (χ0v) is 12.2. The van der Waals surface area contributed by atoms with Crippen LogP contribution < -0.4 is 5.73 Å². The van der Waals surface area contributed by atoms with Crippen LogP contribution in [-0.4, -0.2) is 6.04 Å². The smallest absolute Gasteiger partial charge is 0.0128 e.